The number of benzene rings is 1. The topological polar surface area (TPSA) is 120 Å². The van der Waals surface area contributed by atoms with Crippen molar-refractivity contribution >= 4 is 38.5 Å². The van der Waals surface area contributed by atoms with E-state index in [1.807, 2.05) is 0 Å². The summed E-state index contributed by atoms with van der Waals surface area (Å²) >= 11 is 0. The molecule has 0 atom stereocenters. The van der Waals surface area contributed by atoms with Crippen LogP contribution in [0.5, 0.6) is 0 Å². The number of carbonyl (C=O) groups is 1. The summed E-state index contributed by atoms with van der Waals surface area (Å²) in [5, 5.41) is 3.75. The van der Waals surface area contributed by atoms with E-state index in [2.05, 4.69) is 25.0 Å². The maximum Gasteiger partial charge on any atom is 0.301 e. The molecule has 9 nitrogen and oxygen atoms in total. The molecule has 0 bridgehead atoms. The van der Waals surface area contributed by atoms with Crippen LogP contribution in [0.2, 0.25) is 0 Å². The minimum Gasteiger partial charge on any atom is -0.367 e. The largest absolute Gasteiger partial charge is 0.367 e. The summed E-state index contributed by atoms with van der Waals surface area (Å²) in [5.41, 5.74) is 0.193. The number of ketones is 1. The third-order valence-electron chi connectivity index (χ3n) is 5.52. The fourth-order valence-electron chi connectivity index (χ4n) is 3.74. The van der Waals surface area contributed by atoms with Crippen molar-refractivity contribution in [2.24, 2.45) is 0 Å². The van der Waals surface area contributed by atoms with Crippen molar-refractivity contribution in [3.05, 3.63) is 47.7 Å². The Morgan fingerprint density at radius 3 is 2.68 bits per heavy atom. The quantitative estimate of drug-likeness (QED) is 0.482. The summed E-state index contributed by atoms with van der Waals surface area (Å²) < 4.78 is 43.8. The smallest absolute Gasteiger partial charge is 0.301 e. The highest BCUT2D eigenvalue weighted by atomic mass is 32.2. The van der Waals surface area contributed by atoms with Gasteiger partial charge in [-0.25, -0.2) is 14.4 Å². The summed E-state index contributed by atoms with van der Waals surface area (Å²) in [5.74, 6) is -0.985. The second-order valence-corrected chi connectivity index (χ2v) is 9.45. The SMILES string of the molecule is O=C(c1cccc(NS(=O)(=O)N2CCCC2)c1F)c1c[nH]c2ncnc(NC3CC3)c12. The predicted octanol–water partition coefficient (Wildman–Crippen LogP) is 2.65. The minimum atomic E-state index is -3.88. The Balaban J connectivity index is 1.50. The van der Waals surface area contributed by atoms with Gasteiger partial charge in [-0.2, -0.15) is 12.7 Å². The third-order valence-corrected chi connectivity index (χ3v) is 7.04. The van der Waals surface area contributed by atoms with Gasteiger partial charge in [0.1, 0.15) is 17.8 Å². The molecule has 0 amide bonds. The van der Waals surface area contributed by atoms with Crippen LogP contribution in [0.1, 0.15) is 41.6 Å². The van der Waals surface area contributed by atoms with E-state index < -0.39 is 21.8 Å². The molecule has 162 valence electrons. The fraction of sp³-hybridized carbons (Fsp3) is 0.350. The van der Waals surface area contributed by atoms with Crippen LogP contribution in [0.15, 0.2) is 30.7 Å². The molecule has 1 aliphatic heterocycles. The lowest BCUT2D eigenvalue weighted by molar-refractivity contribution is 0.103. The molecule has 1 aliphatic carbocycles. The molecule has 11 heteroatoms. The molecule has 1 aromatic carbocycles. The molecule has 31 heavy (non-hydrogen) atoms. The van der Waals surface area contributed by atoms with Gasteiger partial charge in [0.2, 0.25) is 0 Å². The monoisotopic (exact) mass is 444 g/mol. The van der Waals surface area contributed by atoms with Gasteiger partial charge < -0.3 is 10.3 Å². The molecule has 2 fully saturated rings. The van der Waals surface area contributed by atoms with Gasteiger partial charge in [0.15, 0.2) is 11.6 Å². The van der Waals surface area contributed by atoms with Crippen molar-refractivity contribution in [2.45, 2.75) is 31.7 Å². The number of aromatic nitrogens is 3. The molecule has 0 unspecified atom stereocenters. The molecule has 3 N–H and O–H groups in total. The van der Waals surface area contributed by atoms with E-state index in [4.69, 9.17) is 0 Å². The van der Waals surface area contributed by atoms with Crippen LogP contribution in [0.4, 0.5) is 15.9 Å². The number of carbonyl (C=O) groups excluding carboxylic acids is 1. The lowest BCUT2D eigenvalue weighted by atomic mass is 10.0. The molecular formula is C20H21FN6O3S. The fourth-order valence-corrected chi connectivity index (χ4v) is 5.04. The minimum absolute atomic E-state index is 0.220. The molecule has 3 heterocycles. The van der Waals surface area contributed by atoms with E-state index in [9.17, 15) is 13.2 Å². The molecule has 5 rings (SSSR count). The van der Waals surface area contributed by atoms with Crippen molar-refractivity contribution in [2.75, 3.05) is 23.1 Å². The second kappa shape index (κ2) is 7.57. The highest BCUT2D eigenvalue weighted by Crippen LogP contribution is 2.31. The number of anilines is 2. The lowest BCUT2D eigenvalue weighted by Crippen LogP contribution is -2.33. The van der Waals surface area contributed by atoms with Crippen molar-refractivity contribution < 1.29 is 17.6 Å². The Kier molecular flexibility index (Phi) is 4.86. The van der Waals surface area contributed by atoms with Gasteiger partial charge >= 0.3 is 10.2 Å². The van der Waals surface area contributed by atoms with E-state index in [0.717, 1.165) is 25.7 Å². The Labute approximate surface area is 178 Å². The van der Waals surface area contributed by atoms with Gasteiger partial charge in [-0.15, -0.1) is 0 Å². The van der Waals surface area contributed by atoms with E-state index >= 15 is 4.39 Å². The Bertz CT molecular complexity index is 1270. The van der Waals surface area contributed by atoms with Crippen molar-refractivity contribution in [3.63, 3.8) is 0 Å². The Morgan fingerprint density at radius 2 is 1.94 bits per heavy atom. The first-order valence-corrected chi connectivity index (χ1v) is 11.6. The normalized spacial score (nSPS) is 17.2. The molecule has 3 aromatic rings. The summed E-state index contributed by atoms with van der Waals surface area (Å²) in [7, 11) is -3.88. The predicted molar refractivity (Wildman–Crippen MR) is 114 cm³/mol. The van der Waals surface area contributed by atoms with Gasteiger partial charge in [0, 0.05) is 25.3 Å². The zero-order valence-electron chi connectivity index (χ0n) is 16.6. The average molecular weight is 444 g/mol. The van der Waals surface area contributed by atoms with Crippen LogP contribution in [-0.4, -0.2) is 52.6 Å². The molecule has 0 radical (unpaired) electrons. The molecule has 1 saturated carbocycles. The first kappa shape index (κ1) is 19.9. The average Bonchev–Trinajstić information content (AvgIpc) is 3.21. The van der Waals surface area contributed by atoms with Gasteiger partial charge in [-0.3, -0.25) is 9.52 Å². The van der Waals surface area contributed by atoms with Crippen molar-refractivity contribution in [3.8, 4) is 0 Å². The first-order valence-electron chi connectivity index (χ1n) is 10.1. The number of nitrogens with zero attached hydrogens (tertiary/aromatic N) is 3. The first-order chi connectivity index (χ1) is 14.9. The number of hydrogen-bond donors (Lipinski definition) is 3. The van der Waals surface area contributed by atoms with E-state index in [1.165, 1.54) is 35.0 Å². The van der Waals surface area contributed by atoms with Crippen LogP contribution in [-0.2, 0) is 10.2 Å². The summed E-state index contributed by atoms with van der Waals surface area (Å²) in [6.07, 6.45) is 6.44. The van der Waals surface area contributed by atoms with Crippen molar-refractivity contribution in [1.82, 2.24) is 19.3 Å². The number of fused-ring (bicyclic) bond motifs is 1. The van der Waals surface area contributed by atoms with Gasteiger partial charge in [-0.05, 0) is 37.8 Å². The number of H-pyrrole nitrogens is 1. The number of rotatable bonds is 7. The van der Waals surface area contributed by atoms with Gasteiger partial charge in [0.05, 0.1) is 22.2 Å². The Hall–Kier alpha value is -3.05. The molecule has 2 aromatic heterocycles. The summed E-state index contributed by atoms with van der Waals surface area (Å²) in [4.78, 5) is 24.6. The van der Waals surface area contributed by atoms with Crippen LogP contribution in [0, 0.1) is 5.82 Å². The van der Waals surface area contributed by atoms with Crippen LogP contribution in [0.25, 0.3) is 11.0 Å². The van der Waals surface area contributed by atoms with Crippen LogP contribution in [0.3, 0.4) is 0 Å². The number of halogens is 1. The standard InChI is InChI=1S/C20H21FN6O3S/c21-17-13(4-3-5-15(17)26-31(29,30)27-8-1-2-9-27)18(28)14-10-22-19-16(14)20(24-11-23-19)25-12-6-7-12/h3-5,10-12,26H,1-2,6-9H2,(H2,22,23,24,25). The number of aromatic amines is 1. The highest BCUT2D eigenvalue weighted by molar-refractivity contribution is 7.90. The molecule has 1 saturated heterocycles. The Morgan fingerprint density at radius 1 is 1.16 bits per heavy atom. The van der Waals surface area contributed by atoms with E-state index in [0.29, 0.717) is 36.0 Å². The highest BCUT2D eigenvalue weighted by Gasteiger charge is 2.29. The van der Waals surface area contributed by atoms with Crippen LogP contribution >= 0.6 is 0 Å². The zero-order chi connectivity index (χ0) is 21.6. The summed E-state index contributed by atoms with van der Waals surface area (Å²) in [6, 6.07) is 4.39. The maximum absolute atomic E-state index is 15.2. The molecular weight excluding hydrogens is 423 g/mol. The number of hydrogen-bond acceptors (Lipinski definition) is 6. The second-order valence-electron chi connectivity index (χ2n) is 7.78. The van der Waals surface area contributed by atoms with Crippen LogP contribution < -0.4 is 10.0 Å². The third kappa shape index (κ3) is 3.74. The van der Waals surface area contributed by atoms with E-state index in [-0.39, 0.29) is 16.8 Å². The van der Waals surface area contributed by atoms with Gasteiger partial charge in [0.25, 0.3) is 0 Å². The number of nitrogens with one attached hydrogen (secondary N) is 3. The van der Waals surface area contributed by atoms with Gasteiger partial charge in [-0.1, -0.05) is 6.07 Å². The van der Waals surface area contributed by atoms with E-state index in [1.54, 1.807) is 0 Å². The molecule has 0 spiro atoms. The maximum atomic E-state index is 15.2. The molecule has 2 aliphatic rings. The zero-order valence-corrected chi connectivity index (χ0v) is 17.4. The lowest BCUT2D eigenvalue weighted by Gasteiger charge is -2.17. The summed E-state index contributed by atoms with van der Waals surface area (Å²) in [6.45, 7) is 0.781. The van der Waals surface area contributed by atoms with Crippen molar-refractivity contribution in [1.29, 1.82) is 0 Å².